The molecule has 0 aromatic heterocycles. The first kappa shape index (κ1) is 23.4. The van der Waals surface area contributed by atoms with Crippen LogP contribution in [0.1, 0.15) is 6.92 Å². The second kappa shape index (κ2) is 12.0. The van der Waals surface area contributed by atoms with Crippen molar-refractivity contribution in [3.8, 4) is 6.07 Å². The van der Waals surface area contributed by atoms with Crippen LogP contribution >= 0.6 is 0 Å². The summed E-state index contributed by atoms with van der Waals surface area (Å²) in [5.41, 5.74) is 7.32. The summed E-state index contributed by atoms with van der Waals surface area (Å²) >= 11 is 0. The average molecular weight is 422 g/mol. The number of morpholine rings is 1. The van der Waals surface area contributed by atoms with Crippen molar-refractivity contribution in [2.24, 2.45) is 25.7 Å². The van der Waals surface area contributed by atoms with Crippen molar-refractivity contribution in [2.75, 3.05) is 26.2 Å². The first-order valence-corrected chi connectivity index (χ1v) is 9.62. The Hall–Kier alpha value is -3.84. The Labute approximate surface area is 182 Å². The lowest BCUT2D eigenvalue weighted by Gasteiger charge is -2.41. The lowest BCUT2D eigenvalue weighted by atomic mass is 10.0. The molecule has 2 rings (SSSR count). The molecule has 0 spiro atoms. The molecule has 0 radical (unpaired) electrons. The normalized spacial score (nSPS) is 22.8. The minimum absolute atomic E-state index is 0.115. The molecule has 10 heteroatoms. The van der Waals surface area contributed by atoms with E-state index in [9.17, 15) is 0 Å². The van der Waals surface area contributed by atoms with E-state index in [2.05, 4.69) is 33.3 Å². The summed E-state index contributed by atoms with van der Waals surface area (Å²) in [5, 5.41) is 16.7. The molecule has 2 atom stereocenters. The van der Waals surface area contributed by atoms with Gasteiger partial charge in [0.05, 0.1) is 31.4 Å². The van der Waals surface area contributed by atoms with E-state index in [1.807, 2.05) is 17.9 Å². The fraction of sp³-hybridized carbons (Fsp3) is 0.333. The fourth-order valence-corrected chi connectivity index (χ4v) is 3.26. The Morgan fingerprint density at radius 2 is 2.29 bits per heavy atom. The molecule has 0 saturated carbocycles. The zero-order chi connectivity index (χ0) is 22.6. The third-order valence-electron chi connectivity index (χ3n) is 4.78. The molecule has 0 amide bonds. The molecule has 3 N–H and O–H groups in total. The van der Waals surface area contributed by atoms with Crippen LogP contribution in [0.25, 0.3) is 0 Å². The van der Waals surface area contributed by atoms with Crippen molar-refractivity contribution < 1.29 is 4.74 Å². The molecule has 0 aliphatic carbocycles. The standard InChI is InChI=1S/C21H27N9O/c1-16-21(17(10-22)11-23)31-9-8-30(16)20(4-5-25-2)28-14-19(13-26-3)29-7-6-27-18(12-24)15-29/h4-6,10-11,13,15-16,21-22H,2-3,7-9,14,23H2,1H3/b5-4-,17-11+,19-13-,22-10?,28-20+. The van der Waals surface area contributed by atoms with Crippen LogP contribution in [-0.2, 0) is 4.74 Å². The van der Waals surface area contributed by atoms with Crippen molar-refractivity contribution in [2.45, 2.75) is 19.1 Å². The molecule has 0 aromatic carbocycles. The van der Waals surface area contributed by atoms with Gasteiger partial charge in [-0.05, 0) is 26.4 Å². The van der Waals surface area contributed by atoms with E-state index in [0.29, 0.717) is 36.8 Å². The molecule has 1 saturated heterocycles. The summed E-state index contributed by atoms with van der Waals surface area (Å²) in [5.74, 6) is 0.680. The summed E-state index contributed by atoms with van der Waals surface area (Å²) in [6.07, 6.45) is 10.5. The highest BCUT2D eigenvalue weighted by atomic mass is 16.5. The smallest absolute Gasteiger partial charge is 0.156 e. The SMILES string of the molecule is C=N/C=C\C(=N/C/C(=C/N=C)N1C=C(C#N)N=CC1)N1CCOC(/C(C=N)=C/N)C1C. The van der Waals surface area contributed by atoms with Crippen molar-refractivity contribution in [1.82, 2.24) is 9.80 Å². The Morgan fingerprint density at radius 3 is 2.94 bits per heavy atom. The number of ether oxygens (including phenoxy) is 1. The Balaban J connectivity index is 2.32. The average Bonchev–Trinajstić information content (AvgIpc) is 2.80. The van der Waals surface area contributed by atoms with E-state index in [1.165, 1.54) is 12.4 Å². The Bertz CT molecular complexity index is 904. The van der Waals surface area contributed by atoms with Crippen LogP contribution in [0.4, 0.5) is 0 Å². The molecule has 2 aliphatic heterocycles. The van der Waals surface area contributed by atoms with Crippen molar-refractivity contribution in [1.29, 1.82) is 10.7 Å². The minimum atomic E-state index is -0.351. The molecule has 0 bridgehead atoms. The van der Waals surface area contributed by atoms with Gasteiger partial charge in [0.15, 0.2) is 5.70 Å². The number of hydrogen-bond donors (Lipinski definition) is 2. The van der Waals surface area contributed by atoms with Crippen molar-refractivity contribution in [3.63, 3.8) is 0 Å². The predicted molar refractivity (Wildman–Crippen MR) is 124 cm³/mol. The van der Waals surface area contributed by atoms with Crippen LogP contribution in [0.5, 0.6) is 0 Å². The predicted octanol–water partition coefficient (Wildman–Crippen LogP) is 1.47. The summed E-state index contributed by atoms with van der Waals surface area (Å²) in [6.45, 7) is 10.9. The molecule has 1 fully saturated rings. The van der Waals surface area contributed by atoms with Gasteiger partial charge in [-0.15, -0.1) is 0 Å². The zero-order valence-electron chi connectivity index (χ0n) is 17.6. The van der Waals surface area contributed by atoms with Gasteiger partial charge in [-0.3, -0.25) is 15.0 Å². The minimum Gasteiger partial charge on any atom is -0.404 e. The topological polar surface area (TPSA) is 139 Å². The second-order valence-corrected chi connectivity index (χ2v) is 6.60. The quantitative estimate of drug-likeness (QED) is 0.451. The highest BCUT2D eigenvalue weighted by molar-refractivity contribution is 5.93. The number of nitriles is 1. The van der Waals surface area contributed by atoms with Gasteiger partial charge in [-0.1, -0.05) is 0 Å². The molecule has 2 unspecified atom stereocenters. The van der Waals surface area contributed by atoms with Crippen LogP contribution in [0, 0.1) is 16.7 Å². The van der Waals surface area contributed by atoms with Crippen LogP contribution in [0.15, 0.2) is 67.8 Å². The molecular formula is C21H27N9O. The van der Waals surface area contributed by atoms with E-state index in [4.69, 9.17) is 26.1 Å². The van der Waals surface area contributed by atoms with Gasteiger partial charge in [-0.25, -0.2) is 4.99 Å². The van der Waals surface area contributed by atoms with E-state index in [1.54, 1.807) is 30.9 Å². The van der Waals surface area contributed by atoms with E-state index >= 15 is 0 Å². The zero-order valence-corrected chi connectivity index (χ0v) is 17.6. The van der Waals surface area contributed by atoms with Gasteiger partial charge >= 0.3 is 0 Å². The number of nitrogens with zero attached hydrogens (tertiary/aromatic N) is 7. The Morgan fingerprint density at radius 1 is 1.48 bits per heavy atom. The van der Waals surface area contributed by atoms with Crippen LogP contribution in [0.3, 0.4) is 0 Å². The summed E-state index contributed by atoms with van der Waals surface area (Å²) < 4.78 is 5.85. The lowest BCUT2D eigenvalue weighted by molar-refractivity contribution is -0.0152. The number of nitrogens with two attached hydrogens (primary N) is 1. The van der Waals surface area contributed by atoms with Gasteiger partial charge in [-0.2, -0.15) is 5.26 Å². The molecule has 0 aromatic rings. The number of hydrogen-bond acceptors (Lipinski definition) is 9. The summed E-state index contributed by atoms with van der Waals surface area (Å²) in [6, 6.07) is 1.92. The van der Waals surface area contributed by atoms with Crippen molar-refractivity contribution in [3.05, 3.63) is 47.8 Å². The third-order valence-corrected chi connectivity index (χ3v) is 4.78. The highest BCUT2D eigenvalue weighted by Gasteiger charge is 2.32. The van der Waals surface area contributed by atoms with Crippen LogP contribution in [-0.4, -0.2) is 79.9 Å². The molecule has 2 heterocycles. The molecule has 2 aliphatic rings. The van der Waals surface area contributed by atoms with E-state index in [-0.39, 0.29) is 18.7 Å². The van der Waals surface area contributed by atoms with Gasteiger partial charge < -0.3 is 25.7 Å². The second-order valence-electron chi connectivity index (χ2n) is 6.60. The van der Waals surface area contributed by atoms with Gasteiger partial charge in [0.25, 0.3) is 0 Å². The Kier molecular flexibility index (Phi) is 9.07. The van der Waals surface area contributed by atoms with Crippen LogP contribution in [0.2, 0.25) is 0 Å². The number of allylic oxidation sites excluding steroid dienone is 1. The maximum Gasteiger partial charge on any atom is 0.156 e. The summed E-state index contributed by atoms with van der Waals surface area (Å²) in [4.78, 5) is 20.4. The number of aliphatic imine (C=N–C) groups is 4. The lowest BCUT2D eigenvalue weighted by Crippen LogP contribution is -2.52. The maximum absolute atomic E-state index is 9.13. The highest BCUT2D eigenvalue weighted by Crippen LogP contribution is 2.21. The van der Waals surface area contributed by atoms with Crippen LogP contribution < -0.4 is 5.73 Å². The maximum atomic E-state index is 9.13. The molecule has 10 nitrogen and oxygen atoms in total. The van der Waals surface area contributed by atoms with Gasteiger partial charge in [0, 0.05) is 49.3 Å². The molecule has 162 valence electrons. The summed E-state index contributed by atoms with van der Waals surface area (Å²) in [7, 11) is 0. The van der Waals surface area contributed by atoms with E-state index in [0.717, 1.165) is 5.70 Å². The van der Waals surface area contributed by atoms with Crippen molar-refractivity contribution >= 4 is 31.7 Å². The molecular weight excluding hydrogens is 394 g/mol. The molecule has 31 heavy (non-hydrogen) atoms. The monoisotopic (exact) mass is 421 g/mol. The van der Waals surface area contributed by atoms with Gasteiger partial charge in [0.1, 0.15) is 18.0 Å². The first-order chi connectivity index (χ1) is 15.1. The largest absolute Gasteiger partial charge is 0.404 e. The third kappa shape index (κ3) is 6.07. The fourth-order valence-electron chi connectivity index (χ4n) is 3.26. The van der Waals surface area contributed by atoms with Gasteiger partial charge in [0.2, 0.25) is 0 Å². The number of rotatable bonds is 8. The number of amidine groups is 1. The number of nitrogens with one attached hydrogen (secondary N) is 1. The first-order valence-electron chi connectivity index (χ1n) is 9.62. The van der Waals surface area contributed by atoms with E-state index < -0.39 is 0 Å².